The van der Waals surface area contributed by atoms with Crippen LogP contribution in [0.15, 0.2) is 30.3 Å². The van der Waals surface area contributed by atoms with E-state index in [-0.39, 0.29) is 5.91 Å². The van der Waals surface area contributed by atoms with Crippen LogP contribution in [0.4, 0.5) is 11.8 Å². The van der Waals surface area contributed by atoms with Gasteiger partial charge in [0.1, 0.15) is 5.82 Å². The molecule has 0 radical (unpaired) electrons. The Kier molecular flexibility index (Phi) is 6.56. The van der Waals surface area contributed by atoms with Crippen molar-refractivity contribution in [3.05, 3.63) is 45.8 Å². The Morgan fingerprint density at radius 3 is 2.26 bits per heavy atom. The number of methoxy groups -OCH3 is 2. The van der Waals surface area contributed by atoms with Crippen molar-refractivity contribution in [3.8, 4) is 11.5 Å². The molecule has 4 aliphatic rings. The molecule has 8 nitrogen and oxygen atoms in total. The van der Waals surface area contributed by atoms with Crippen LogP contribution in [0.5, 0.6) is 11.5 Å². The first-order valence-corrected chi connectivity index (χ1v) is 12.4. The second-order valence-electron chi connectivity index (χ2n) is 9.20. The van der Waals surface area contributed by atoms with Crippen molar-refractivity contribution in [3.63, 3.8) is 0 Å². The molecule has 1 aromatic heterocycles. The summed E-state index contributed by atoms with van der Waals surface area (Å²) < 4.78 is 10.7. The smallest absolute Gasteiger partial charge is 0.228 e. The first-order valence-electron chi connectivity index (χ1n) is 12.0. The van der Waals surface area contributed by atoms with Crippen LogP contribution in [0.1, 0.15) is 25.7 Å². The lowest BCUT2D eigenvalue weighted by atomic mass is 9.82. The van der Waals surface area contributed by atoms with Crippen molar-refractivity contribution in [2.75, 3.05) is 51.0 Å². The monoisotopic (exact) mass is 495 g/mol. The van der Waals surface area contributed by atoms with Crippen molar-refractivity contribution in [2.45, 2.75) is 25.7 Å². The maximum atomic E-state index is 12.4. The molecule has 1 saturated heterocycles. The molecule has 2 N–H and O–H groups in total. The molecule has 184 valence electrons. The van der Waals surface area contributed by atoms with E-state index < -0.39 is 0 Å². The SMILES string of the molecule is COc1cc2nc(N3CCN(C(=O)CC4CCC4)CC3)nc(N)c2cc1OC.Clc1cc2ccc1=2. The second kappa shape index (κ2) is 9.77. The van der Waals surface area contributed by atoms with Crippen LogP contribution in [0, 0.1) is 16.4 Å². The molecular formula is C26H30ClN5O3. The average Bonchev–Trinajstić information content (AvgIpc) is 2.84. The number of nitrogens with two attached hydrogens (primary N) is 1. The molecule has 0 unspecified atom stereocenters. The highest BCUT2D eigenvalue weighted by Gasteiger charge is 2.27. The molecule has 1 aromatic carbocycles. The van der Waals surface area contributed by atoms with Gasteiger partial charge in [-0.05, 0) is 36.1 Å². The quantitative estimate of drug-likeness (QED) is 0.447. The fourth-order valence-electron chi connectivity index (χ4n) is 4.58. The number of carbonyl (C=O) groups is 1. The Balaban J connectivity index is 0.000000306. The predicted molar refractivity (Wildman–Crippen MR) is 137 cm³/mol. The summed E-state index contributed by atoms with van der Waals surface area (Å²) in [5, 5.41) is 4.19. The lowest BCUT2D eigenvalue weighted by molar-refractivity contribution is -0.133. The van der Waals surface area contributed by atoms with Gasteiger partial charge in [-0.15, -0.1) is 0 Å². The van der Waals surface area contributed by atoms with Crippen LogP contribution in [-0.4, -0.2) is 61.2 Å². The topological polar surface area (TPSA) is 93.8 Å². The van der Waals surface area contributed by atoms with E-state index in [1.807, 2.05) is 23.1 Å². The van der Waals surface area contributed by atoms with Gasteiger partial charge in [0.05, 0.1) is 19.7 Å². The number of fused-ring (bicyclic) bond motifs is 1. The van der Waals surface area contributed by atoms with Crippen molar-refractivity contribution in [1.29, 1.82) is 0 Å². The number of hydrogen-bond acceptors (Lipinski definition) is 7. The van der Waals surface area contributed by atoms with E-state index >= 15 is 0 Å². The molecule has 3 aliphatic carbocycles. The van der Waals surface area contributed by atoms with Crippen LogP contribution in [0.25, 0.3) is 10.9 Å². The van der Waals surface area contributed by atoms with Crippen molar-refractivity contribution < 1.29 is 14.3 Å². The number of halogens is 1. The largest absolute Gasteiger partial charge is 0.493 e. The number of nitrogen functional groups attached to an aromatic ring is 1. The highest BCUT2D eigenvalue weighted by atomic mass is 35.5. The number of rotatable bonds is 5. The Hall–Kier alpha value is -3.26. The number of aromatic nitrogens is 2. The van der Waals surface area contributed by atoms with Gasteiger partial charge in [0.2, 0.25) is 11.9 Å². The van der Waals surface area contributed by atoms with Crippen LogP contribution in [0.3, 0.4) is 0 Å². The molecule has 0 spiro atoms. The Morgan fingerprint density at radius 1 is 1.06 bits per heavy atom. The van der Waals surface area contributed by atoms with Gasteiger partial charge in [-0.2, -0.15) is 4.98 Å². The van der Waals surface area contributed by atoms with Crippen molar-refractivity contribution in [1.82, 2.24) is 14.9 Å². The summed E-state index contributed by atoms with van der Waals surface area (Å²) in [5.74, 6) is 3.07. The fraction of sp³-hybridized carbons (Fsp3) is 0.423. The van der Waals surface area contributed by atoms with E-state index in [0.717, 1.165) is 10.4 Å². The third-order valence-corrected chi connectivity index (χ3v) is 7.41. The highest BCUT2D eigenvalue weighted by Crippen LogP contribution is 2.34. The number of amides is 1. The lowest BCUT2D eigenvalue weighted by Gasteiger charge is -2.36. The zero-order valence-electron chi connectivity index (χ0n) is 20.1. The second-order valence-corrected chi connectivity index (χ2v) is 9.60. The number of nitrogens with zero attached hydrogens (tertiary/aromatic N) is 4. The lowest BCUT2D eigenvalue weighted by Crippen LogP contribution is -2.49. The van der Waals surface area contributed by atoms with Crippen LogP contribution >= 0.6 is 11.6 Å². The van der Waals surface area contributed by atoms with Crippen LogP contribution in [-0.2, 0) is 4.79 Å². The maximum Gasteiger partial charge on any atom is 0.228 e. The van der Waals surface area contributed by atoms with E-state index in [9.17, 15) is 4.79 Å². The molecule has 1 aliphatic heterocycles. The van der Waals surface area contributed by atoms with Gasteiger partial charge in [-0.25, -0.2) is 4.98 Å². The van der Waals surface area contributed by atoms with Crippen LogP contribution in [0.2, 0.25) is 5.02 Å². The minimum atomic E-state index is 0.278. The highest BCUT2D eigenvalue weighted by molar-refractivity contribution is 6.31. The van der Waals surface area contributed by atoms with E-state index in [0.29, 0.717) is 67.3 Å². The molecule has 2 heterocycles. The summed E-state index contributed by atoms with van der Waals surface area (Å²) in [5.41, 5.74) is 6.90. The molecule has 2 fully saturated rings. The molecule has 0 bridgehead atoms. The number of carbonyl (C=O) groups excluding carboxylic acids is 1. The van der Waals surface area contributed by atoms with Gasteiger partial charge in [-0.3, -0.25) is 4.79 Å². The first-order chi connectivity index (χ1) is 17.0. The number of anilines is 2. The van der Waals surface area contributed by atoms with Crippen molar-refractivity contribution in [2.24, 2.45) is 5.92 Å². The minimum Gasteiger partial charge on any atom is -0.493 e. The number of ether oxygens (including phenoxy) is 2. The van der Waals surface area contributed by atoms with Gasteiger partial charge in [-0.1, -0.05) is 30.2 Å². The van der Waals surface area contributed by atoms with Gasteiger partial charge >= 0.3 is 0 Å². The van der Waals surface area contributed by atoms with E-state index in [1.54, 1.807) is 20.3 Å². The zero-order chi connectivity index (χ0) is 24.5. The van der Waals surface area contributed by atoms with E-state index in [1.165, 1.54) is 29.7 Å². The average molecular weight is 496 g/mol. The van der Waals surface area contributed by atoms with Crippen LogP contribution < -0.4 is 20.1 Å². The summed E-state index contributed by atoms with van der Waals surface area (Å²) in [7, 11) is 3.18. The van der Waals surface area contributed by atoms with Gasteiger partial charge < -0.3 is 25.0 Å². The molecule has 1 saturated carbocycles. The number of benzene rings is 2. The summed E-state index contributed by atoms with van der Waals surface area (Å²) in [6.45, 7) is 2.79. The fourth-order valence-corrected chi connectivity index (χ4v) is 4.87. The summed E-state index contributed by atoms with van der Waals surface area (Å²) >= 11 is 5.60. The van der Waals surface area contributed by atoms with E-state index in [2.05, 4.69) is 20.9 Å². The molecule has 9 heteroatoms. The molecule has 6 rings (SSSR count). The number of hydrogen-bond donors (Lipinski definition) is 1. The number of piperazine rings is 1. The summed E-state index contributed by atoms with van der Waals surface area (Å²) in [4.78, 5) is 25.7. The van der Waals surface area contributed by atoms with Gasteiger partial charge in [0, 0.05) is 54.3 Å². The molecule has 0 atom stereocenters. The standard InChI is InChI=1S/C20H27N5O3.C6H3Cl/c1-27-16-11-14-15(12-17(16)28-2)22-20(23-19(14)21)25-8-6-24(7-9-25)18(26)10-13-4-3-5-13;7-6-3-4-1-2-5(4)6/h11-13H,3-10H2,1-2H3,(H2,21,22,23);1-3H. The normalized spacial score (nSPS) is 16.3. The van der Waals surface area contributed by atoms with Gasteiger partial charge in [0.15, 0.2) is 11.5 Å². The Morgan fingerprint density at radius 2 is 1.77 bits per heavy atom. The first kappa shape index (κ1) is 23.5. The molecule has 1 amide bonds. The van der Waals surface area contributed by atoms with E-state index in [4.69, 9.17) is 26.8 Å². The molecule has 35 heavy (non-hydrogen) atoms. The minimum absolute atomic E-state index is 0.278. The Bertz CT molecular complexity index is 1350. The zero-order valence-corrected chi connectivity index (χ0v) is 20.8. The predicted octanol–water partition coefficient (Wildman–Crippen LogP) is 4.01. The Labute approximate surface area is 209 Å². The molecule has 2 aromatic rings. The molecular weight excluding hydrogens is 466 g/mol. The maximum absolute atomic E-state index is 12.4. The summed E-state index contributed by atoms with van der Waals surface area (Å²) in [6, 6.07) is 9.66. The third kappa shape index (κ3) is 4.67. The van der Waals surface area contributed by atoms with Gasteiger partial charge in [0.25, 0.3) is 0 Å². The van der Waals surface area contributed by atoms with Crippen molar-refractivity contribution >= 4 is 40.2 Å². The third-order valence-electron chi connectivity index (χ3n) is 7.10. The summed E-state index contributed by atoms with van der Waals surface area (Å²) in [6.07, 6.45) is 4.36.